The first-order valence-corrected chi connectivity index (χ1v) is 7.59. The molecule has 0 amide bonds. The summed E-state index contributed by atoms with van der Waals surface area (Å²) in [6.45, 7) is 0.953. The predicted molar refractivity (Wildman–Crippen MR) is 85.5 cm³/mol. The second-order valence-corrected chi connectivity index (χ2v) is 5.53. The molecule has 0 atom stereocenters. The third kappa shape index (κ3) is 4.45. The average molecular weight is 349 g/mol. The van der Waals surface area contributed by atoms with Crippen molar-refractivity contribution in [2.45, 2.75) is 19.3 Å². The number of rotatable bonds is 5. The molecule has 0 radical (unpaired) electrons. The van der Waals surface area contributed by atoms with E-state index in [2.05, 4.69) is 10.4 Å². The molecule has 1 aromatic heterocycles. The van der Waals surface area contributed by atoms with Crippen LogP contribution in [-0.2, 0) is 19.3 Å². The van der Waals surface area contributed by atoms with Crippen molar-refractivity contribution in [3.63, 3.8) is 0 Å². The van der Waals surface area contributed by atoms with Crippen molar-refractivity contribution in [3.8, 4) is 5.69 Å². The molecule has 2 aromatic carbocycles. The quantitative estimate of drug-likeness (QED) is 0.695. The normalized spacial score (nSPS) is 11.7. The van der Waals surface area contributed by atoms with Crippen LogP contribution >= 0.6 is 0 Å². The topological polar surface area (TPSA) is 29.9 Å². The van der Waals surface area contributed by atoms with E-state index < -0.39 is 11.7 Å². The fraction of sp³-hybridized carbons (Fsp3) is 0.167. The molecule has 0 aliphatic heterocycles. The smallest absolute Gasteiger partial charge is 0.307 e. The van der Waals surface area contributed by atoms with Crippen LogP contribution < -0.4 is 5.32 Å². The van der Waals surface area contributed by atoms with Crippen LogP contribution in [0.2, 0.25) is 0 Å². The molecule has 0 bridgehead atoms. The van der Waals surface area contributed by atoms with Crippen LogP contribution in [-0.4, -0.2) is 9.78 Å². The fourth-order valence-electron chi connectivity index (χ4n) is 2.38. The summed E-state index contributed by atoms with van der Waals surface area (Å²) in [5.41, 5.74) is 1.41. The maximum absolute atomic E-state index is 13.1. The highest BCUT2D eigenvalue weighted by Gasteiger charge is 2.30. The lowest BCUT2D eigenvalue weighted by atomic mass is 10.2. The molecule has 0 saturated carbocycles. The van der Waals surface area contributed by atoms with E-state index in [1.165, 1.54) is 28.9 Å². The summed E-state index contributed by atoms with van der Waals surface area (Å²) in [5, 5.41) is 7.47. The number of benzene rings is 2. The van der Waals surface area contributed by atoms with Crippen molar-refractivity contribution >= 4 is 0 Å². The monoisotopic (exact) mass is 349 g/mol. The van der Waals surface area contributed by atoms with E-state index >= 15 is 0 Å². The predicted octanol–water partition coefficient (Wildman–Crippen LogP) is 4.32. The van der Waals surface area contributed by atoms with Gasteiger partial charge in [0.2, 0.25) is 0 Å². The second-order valence-electron chi connectivity index (χ2n) is 5.53. The minimum absolute atomic E-state index is 0.286. The summed E-state index contributed by atoms with van der Waals surface area (Å²) in [4.78, 5) is 0. The molecule has 25 heavy (non-hydrogen) atoms. The molecule has 0 unspecified atom stereocenters. The number of halogens is 4. The number of hydrogen-bond acceptors (Lipinski definition) is 2. The Morgan fingerprint density at radius 3 is 2.40 bits per heavy atom. The van der Waals surface area contributed by atoms with Gasteiger partial charge in [0.25, 0.3) is 0 Å². The summed E-state index contributed by atoms with van der Waals surface area (Å²) in [7, 11) is 0. The second kappa shape index (κ2) is 7.06. The van der Waals surface area contributed by atoms with Crippen molar-refractivity contribution in [2.75, 3.05) is 0 Å². The van der Waals surface area contributed by atoms with Gasteiger partial charge in [-0.05, 0) is 48.0 Å². The fourth-order valence-corrected chi connectivity index (χ4v) is 2.38. The maximum atomic E-state index is 13.1. The zero-order valence-electron chi connectivity index (χ0n) is 13.1. The Balaban J connectivity index is 1.60. The SMILES string of the molecule is Fc1cccc(CNCc2ccn(-c3ccc(C(F)(F)F)cc3)n2)c1. The van der Waals surface area contributed by atoms with Crippen molar-refractivity contribution in [1.29, 1.82) is 0 Å². The minimum atomic E-state index is -4.35. The van der Waals surface area contributed by atoms with Crippen LogP contribution in [0.15, 0.2) is 60.8 Å². The number of nitrogens with zero attached hydrogens (tertiary/aromatic N) is 2. The number of alkyl halides is 3. The lowest BCUT2D eigenvalue weighted by molar-refractivity contribution is -0.137. The third-order valence-corrected chi connectivity index (χ3v) is 3.63. The zero-order valence-corrected chi connectivity index (χ0v) is 13.1. The van der Waals surface area contributed by atoms with Crippen LogP contribution in [0.25, 0.3) is 5.69 Å². The Bertz CT molecular complexity index is 838. The average Bonchev–Trinajstić information content (AvgIpc) is 3.03. The standard InChI is InChI=1S/C18H15F4N3/c19-15-3-1-2-13(10-15)11-23-12-16-8-9-25(24-16)17-6-4-14(5-7-17)18(20,21)22/h1-10,23H,11-12H2. The number of hydrogen-bond donors (Lipinski definition) is 1. The molecular weight excluding hydrogens is 334 g/mol. The Labute approximate surface area is 141 Å². The minimum Gasteiger partial charge on any atom is -0.307 e. The van der Waals surface area contributed by atoms with Crippen molar-refractivity contribution in [3.05, 3.63) is 83.4 Å². The van der Waals surface area contributed by atoms with Crippen LogP contribution in [0, 0.1) is 5.82 Å². The van der Waals surface area contributed by atoms with Crippen LogP contribution in [0.3, 0.4) is 0 Å². The van der Waals surface area contributed by atoms with Crippen molar-refractivity contribution < 1.29 is 17.6 Å². The summed E-state index contributed by atoms with van der Waals surface area (Å²) in [6.07, 6.45) is -2.67. The Morgan fingerprint density at radius 1 is 0.960 bits per heavy atom. The van der Waals surface area contributed by atoms with E-state index in [4.69, 9.17) is 0 Å². The molecule has 0 fully saturated rings. The van der Waals surface area contributed by atoms with Crippen LogP contribution in [0.1, 0.15) is 16.8 Å². The van der Waals surface area contributed by atoms with Gasteiger partial charge in [-0.25, -0.2) is 9.07 Å². The Kier molecular flexibility index (Phi) is 4.85. The van der Waals surface area contributed by atoms with Gasteiger partial charge in [0.15, 0.2) is 0 Å². The van der Waals surface area contributed by atoms with Crippen molar-refractivity contribution in [1.82, 2.24) is 15.1 Å². The molecule has 1 N–H and O–H groups in total. The molecule has 0 saturated heterocycles. The number of nitrogens with one attached hydrogen (secondary N) is 1. The van der Waals surface area contributed by atoms with Crippen LogP contribution in [0.5, 0.6) is 0 Å². The maximum Gasteiger partial charge on any atom is 0.416 e. The lowest BCUT2D eigenvalue weighted by Gasteiger charge is -2.07. The van der Waals surface area contributed by atoms with Gasteiger partial charge < -0.3 is 5.32 Å². The first-order chi connectivity index (χ1) is 11.9. The highest BCUT2D eigenvalue weighted by atomic mass is 19.4. The van der Waals surface area contributed by atoms with E-state index in [0.29, 0.717) is 18.8 Å². The summed E-state index contributed by atoms with van der Waals surface area (Å²) < 4.78 is 52.3. The van der Waals surface area contributed by atoms with Gasteiger partial charge in [-0.3, -0.25) is 0 Å². The Hall–Kier alpha value is -2.67. The molecule has 3 aromatic rings. The lowest BCUT2D eigenvalue weighted by Crippen LogP contribution is -2.13. The zero-order chi connectivity index (χ0) is 17.9. The first kappa shape index (κ1) is 17.2. The molecule has 0 aliphatic rings. The van der Waals surface area contributed by atoms with Crippen molar-refractivity contribution in [2.24, 2.45) is 0 Å². The molecule has 130 valence electrons. The van der Waals surface area contributed by atoms with Gasteiger partial charge in [-0.1, -0.05) is 12.1 Å². The largest absolute Gasteiger partial charge is 0.416 e. The molecular formula is C18H15F4N3. The van der Waals surface area contributed by atoms with Gasteiger partial charge in [0.05, 0.1) is 16.9 Å². The van der Waals surface area contributed by atoms with Gasteiger partial charge in [0.1, 0.15) is 5.82 Å². The van der Waals surface area contributed by atoms with E-state index in [0.717, 1.165) is 23.4 Å². The molecule has 0 aliphatic carbocycles. The number of aromatic nitrogens is 2. The summed E-state index contributed by atoms with van der Waals surface area (Å²) >= 11 is 0. The van der Waals surface area contributed by atoms with Gasteiger partial charge in [-0.15, -0.1) is 0 Å². The van der Waals surface area contributed by atoms with Gasteiger partial charge in [-0.2, -0.15) is 18.3 Å². The molecule has 0 spiro atoms. The van der Waals surface area contributed by atoms with Gasteiger partial charge in [0, 0.05) is 19.3 Å². The van der Waals surface area contributed by atoms with Gasteiger partial charge >= 0.3 is 6.18 Å². The summed E-state index contributed by atoms with van der Waals surface area (Å²) in [5.74, 6) is -0.286. The first-order valence-electron chi connectivity index (χ1n) is 7.59. The van der Waals surface area contributed by atoms with E-state index in [1.54, 1.807) is 18.3 Å². The highest BCUT2D eigenvalue weighted by molar-refractivity contribution is 5.35. The molecule has 3 nitrogen and oxygen atoms in total. The molecule has 3 rings (SSSR count). The molecule has 7 heteroatoms. The Morgan fingerprint density at radius 2 is 1.72 bits per heavy atom. The van der Waals surface area contributed by atoms with Crippen LogP contribution in [0.4, 0.5) is 17.6 Å². The third-order valence-electron chi connectivity index (χ3n) is 3.63. The van der Waals surface area contributed by atoms with E-state index in [-0.39, 0.29) is 5.82 Å². The van der Waals surface area contributed by atoms with E-state index in [1.807, 2.05) is 6.07 Å². The molecule has 1 heterocycles. The van der Waals surface area contributed by atoms with E-state index in [9.17, 15) is 17.6 Å². The highest BCUT2D eigenvalue weighted by Crippen LogP contribution is 2.29. The summed E-state index contributed by atoms with van der Waals surface area (Å²) in [6, 6.07) is 12.9.